The van der Waals surface area contributed by atoms with Gasteiger partial charge in [0.1, 0.15) is 10.3 Å². The standard InChI is InChI=1S/C16H17NO3S3/c1-2-13-9-12-8-11(5-6-14(12)17-16(21)20-13)10-23(18,19)15-4-3-7-22-15/h3-8,13H,2,9-10H2,1H3,(H,17,21). The van der Waals surface area contributed by atoms with E-state index in [1.54, 1.807) is 17.5 Å². The number of thiocarbonyl (C=S) groups is 1. The molecule has 0 fully saturated rings. The number of ether oxygens (including phenoxy) is 1. The van der Waals surface area contributed by atoms with Crippen LogP contribution in [0.4, 0.5) is 5.69 Å². The minimum absolute atomic E-state index is 0.00287. The first-order valence-electron chi connectivity index (χ1n) is 7.33. The molecule has 1 aliphatic heterocycles. The van der Waals surface area contributed by atoms with Crippen molar-refractivity contribution in [3.05, 3.63) is 46.8 Å². The Balaban J connectivity index is 1.89. The fraction of sp³-hybridized carbons (Fsp3) is 0.312. The van der Waals surface area contributed by atoms with Crippen LogP contribution in [-0.4, -0.2) is 19.7 Å². The van der Waals surface area contributed by atoms with Crippen LogP contribution in [-0.2, 0) is 26.7 Å². The van der Waals surface area contributed by atoms with Gasteiger partial charge in [-0.25, -0.2) is 8.42 Å². The van der Waals surface area contributed by atoms with Crippen LogP contribution < -0.4 is 5.32 Å². The molecule has 4 nitrogen and oxygen atoms in total. The number of benzene rings is 1. The van der Waals surface area contributed by atoms with Crippen molar-refractivity contribution in [3.8, 4) is 0 Å². The summed E-state index contributed by atoms with van der Waals surface area (Å²) in [6.07, 6.45) is 1.57. The molecule has 0 aliphatic carbocycles. The van der Waals surface area contributed by atoms with Crippen molar-refractivity contribution in [1.29, 1.82) is 0 Å². The number of sulfone groups is 1. The highest BCUT2D eigenvalue weighted by Gasteiger charge is 2.21. The molecular weight excluding hydrogens is 350 g/mol. The molecule has 0 radical (unpaired) electrons. The van der Waals surface area contributed by atoms with Gasteiger partial charge >= 0.3 is 0 Å². The largest absolute Gasteiger partial charge is 0.467 e. The SMILES string of the molecule is CCC1Cc2cc(CS(=O)(=O)c3cccs3)ccc2NC(=S)O1. The third-order valence-corrected chi connectivity index (χ3v) is 7.11. The highest BCUT2D eigenvalue weighted by Crippen LogP contribution is 2.27. The van der Waals surface area contributed by atoms with Gasteiger partial charge in [-0.3, -0.25) is 0 Å². The van der Waals surface area contributed by atoms with E-state index in [0.717, 1.165) is 23.2 Å². The molecule has 1 atom stereocenters. The number of nitrogens with one attached hydrogen (secondary N) is 1. The maximum absolute atomic E-state index is 12.4. The number of thiophene rings is 1. The molecule has 0 amide bonds. The molecule has 7 heteroatoms. The van der Waals surface area contributed by atoms with Crippen molar-refractivity contribution in [3.63, 3.8) is 0 Å². The van der Waals surface area contributed by atoms with Crippen LogP contribution >= 0.6 is 23.6 Å². The van der Waals surface area contributed by atoms with E-state index in [0.29, 0.717) is 15.8 Å². The van der Waals surface area contributed by atoms with E-state index in [9.17, 15) is 8.42 Å². The Hall–Kier alpha value is -1.44. The van der Waals surface area contributed by atoms with Gasteiger partial charge in [-0.1, -0.05) is 25.1 Å². The topological polar surface area (TPSA) is 55.4 Å². The third kappa shape index (κ3) is 3.73. The maximum Gasteiger partial charge on any atom is 0.261 e. The predicted octanol–water partition coefficient (Wildman–Crippen LogP) is 3.77. The van der Waals surface area contributed by atoms with Crippen LogP contribution in [0.2, 0.25) is 0 Å². The summed E-state index contributed by atoms with van der Waals surface area (Å²) in [5.74, 6) is 0.00287. The molecule has 0 spiro atoms. The maximum atomic E-state index is 12.4. The molecule has 1 aliphatic rings. The highest BCUT2D eigenvalue weighted by molar-refractivity contribution is 7.92. The van der Waals surface area contributed by atoms with E-state index in [4.69, 9.17) is 17.0 Å². The Morgan fingerprint density at radius 3 is 2.91 bits per heavy atom. The van der Waals surface area contributed by atoms with Crippen molar-refractivity contribution in [2.24, 2.45) is 0 Å². The molecule has 2 heterocycles. The van der Waals surface area contributed by atoms with Gasteiger partial charge in [-0.05, 0) is 47.3 Å². The van der Waals surface area contributed by atoms with Gasteiger partial charge in [0.15, 0.2) is 9.84 Å². The minimum Gasteiger partial charge on any atom is -0.467 e. The normalized spacial score (nSPS) is 17.8. The summed E-state index contributed by atoms with van der Waals surface area (Å²) in [6.45, 7) is 2.05. The van der Waals surface area contributed by atoms with E-state index in [-0.39, 0.29) is 11.9 Å². The molecule has 1 N–H and O–H groups in total. The Kier molecular flexibility index (Phi) is 4.70. The second kappa shape index (κ2) is 6.59. The molecule has 122 valence electrons. The fourth-order valence-corrected chi connectivity index (χ4v) is 5.23. The smallest absolute Gasteiger partial charge is 0.261 e. The molecule has 0 bridgehead atoms. The molecule has 1 aromatic carbocycles. The first-order chi connectivity index (χ1) is 11.0. The summed E-state index contributed by atoms with van der Waals surface area (Å²) < 4.78 is 30.9. The van der Waals surface area contributed by atoms with Crippen LogP contribution in [0, 0.1) is 0 Å². The Labute approximate surface area is 145 Å². The van der Waals surface area contributed by atoms with Crippen LogP contribution in [0.15, 0.2) is 39.9 Å². The number of hydrogen-bond donors (Lipinski definition) is 1. The summed E-state index contributed by atoms with van der Waals surface area (Å²) in [7, 11) is -3.29. The average Bonchev–Trinajstić information content (AvgIpc) is 2.99. The molecule has 3 rings (SSSR count). The highest BCUT2D eigenvalue weighted by atomic mass is 32.2. The number of anilines is 1. The molecule has 0 saturated heterocycles. The van der Waals surface area contributed by atoms with Crippen molar-refractivity contribution in [2.45, 2.75) is 35.8 Å². The lowest BCUT2D eigenvalue weighted by molar-refractivity contribution is 0.192. The summed E-state index contributed by atoms with van der Waals surface area (Å²) in [6, 6.07) is 9.04. The third-order valence-electron chi connectivity index (χ3n) is 3.74. The van der Waals surface area contributed by atoms with Crippen LogP contribution in [0.1, 0.15) is 24.5 Å². The molecule has 0 saturated carbocycles. The molecular formula is C16H17NO3S3. The minimum atomic E-state index is -3.29. The number of rotatable bonds is 4. The van der Waals surface area contributed by atoms with Gasteiger partial charge < -0.3 is 10.1 Å². The quantitative estimate of drug-likeness (QED) is 0.834. The molecule has 1 aromatic heterocycles. The molecule has 2 aromatic rings. The monoisotopic (exact) mass is 367 g/mol. The molecule has 23 heavy (non-hydrogen) atoms. The van der Waals surface area contributed by atoms with E-state index < -0.39 is 9.84 Å². The van der Waals surface area contributed by atoms with Crippen molar-refractivity contribution >= 4 is 44.3 Å². The van der Waals surface area contributed by atoms with Crippen molar-refractivity contribution in [1.82, 2.24) is 0 Å². The molecule has 1 unspecified atom stereocenters. The van der Waals surface area contributed by atoms with Gasteiger partial charge in [-0.15, -0.1) is 11.3 Å². The second-order valence-corrected chi connectivity index (χ2v) is 8.98. The Morgan fingerprint density at radius 2 is 2.22 bits per heavy atom. The van der Waals surface area contributed by atoms with Gasteiger partial charge in [0.05, 0.1) is 5.75 Å². The summed E-state index contributed by atoms with van der Waals surface area (Å²) in [4.78, 5) is 0. The Morgan fingerprint density at radius 1 is 1.39 bits per heavy atom. The van der Waals surface area contributed by atoms with E-state index in [2.05, 4.69) is 5.32 Å². The van der Waals surface area contributed by atoms with E-state index >= 15 is 0 Å². The van der Waals surface area contributed by atoms with Gasteiger partial charge in [-0.2, -0.15) is 0 Å². The van der Waals surface area contributed by atoms with Crippen LogP contribution in [0.3, 0.4) is 0 Å². The number of fused-ring (bicyclic) bond motifs is 1. The zero-order chi connectivity index (χ0) is 16.4. The van der Waals surface area contributed by atoms with Gasteiger partial charge in [0.25, 0.3) is 5.17 Å². The van der Waals surface area contributed by atoms with Crippen molar-refractivity contribution < 1.29 is 13.2 Å². The Bertz CT molecular complexity index is 813. The zero-order valence-corrected chi connectivity index (χ0v) is 15.1. The predicted molar refractivity (Wildman–Crippen MR) is 96.7 cm³/mol. The number of hydrogen-bond acceptors (Lipinski definition) is 5. The lowest BCUT2D eigenvalue weighted by atomic mass is 10.0. The van der Waals surface area contributed by atoms with E-state index in [1.807, 2.05) is 25.1 Å². The summed E-state index contributed by atoms with van der Waals surface area (Å²) >= 11 is 6.41. The van der Waals surface area contributed by atoms with Crippen molar-refractivity contribution in [2.75, 3.05) is 5.32 Å². The van der Waals surface area contributed by atoms with Gasteiger partial charge in [0.2, 0.25) is 0 Å². The lowest BCUT2D eigenvalue weighted by Crippen LogP contribution is -2.19. The average molecular weight is 368 g/mol. The van der Waals surface area contributed by atoms with Crippen LogP contribution in [0.25, 0.3) is 0 Å². The second-order valence-electron chi connectivity index (χ2n) is 5.45. The van der Waals surface area contributed by atoms with Gasteiger partial charge in [0, 0.05) is 12.1 Å². The van der Waals surface area contributed by atoms with Crippen LogP contribution in [0.5, 0.6) is 0 Å². The van der Waals surface area contributed by atoms with E-state index in [1.165, 1.54) is 11.3 Å². The lowest BCUT2D eigenvalue weighted by Gasteiger charge is -2.13. The fourth-order valence-electron chi connectivity index (χ4n) is 2.56. The first kappa shape index (κ1) is 16.4. The summed E-state index contributed by atoms with van der Waals surface area (Å²) in [5.41, 5.74) is 2.71. The zero-order valence-electron chi connectivity index (χ0n) is 12.6. The first-order valence-corrected chi connectivity index (χ1v) is 10.3. The summed E-state index contributed by atoms with van der Waals surface area (Å²) in [5, 5.41) is 5.21.